The Morgan fingerprint density at radius 2 is 1.67 bits per heavy atom. The Morgan fingerprint density at radius 3 is 2.33 bits per heavy atom. The number of benzene rings is 3. The topological polar surface area (TPSA) is 85.9 Å². The first-order valence-corrected chi connectivity index (χ1v) is 10.8. The molecule has 3 aromatic carbocycles. The summed E-state index contributed by atoms with van der Waals surface area (Å²) in [7, 11) is 0. The molecule has 0 unspecified atom stereocenters. The first kappa shape index (κ1) is 24.5. The molecule has 0 saturated carbocycles. The number of nitrogens with one attached hydrogen (secondary N) is 1. The van der Waals surface area contributed by atoms with E-state index in [-0.39, 0.29) is 43.7 Å². The quantitative estimate of drug-likeness (QED) is 0.275. The van der Waals surface area contributed by atoms with Crippen molar-refractivity contribution in [1.82, 2.24) is 0 Å². The van der Waals surface area contributed by atoms with Gasteiger partial charge in [0.05, 0.1) is 37.4 Å². The second-order valence-corrected chi connectivity index (χ2v) is 8.20. The number of halogens is 4. The molecule has 0 fully saturated rings. The molecule has 164 valence electrons. The number of nitrogens with zero attached hydrogens (tertiary/aromatic N) is 2. The van der Waals surface area contributed by atoms with Crippen LogP contribution in [0.15, 0.2) is 60.2 Å². The maximum Gasteiger partial charge on any atom is 0.266 e. The monoisotopic (exact) mass is 515 g/mol. The van der Waals surface area contributed by atoms with Crippen LogP contribution < -0.4 is 10.1 Å². The van der Waals surface area contributed by atoms with Crippen LogP contribution in [0.4, 0.5) is 5.69 Å². The van der Waals surface area contributed by atoms with Crippen molar-refractivity contribution >= 4 is 64.1 Å². The molecule has 1 amide bonds. The first-order valence-electron chi connectivity index (χ1n) is 9.31. The van der Waals surface area contributed by atoms with Crippen LogP contribution in [0.1, 0.15) is 16.7 Å². The van der Waals surface area contributed by atoms with E-state index in [0.29, 0.717) is 16.7 Å². The minimum absolute atomic E-state index is 0.0879. The van der Waals surface area contributed by atoms with Gasteiger partial charge in [-0.3, -0.25) is 4.79 Å². The average Bonchev–Trinajstić information content (AvgIpc) is 2.80. The highest BCUT2D eigenvalue weighted by Crippen LogP contribution is 2.36. The van der Waals surface area contributed by atoms with Gasteiger partial charge < -0.3 is 10.1 Å². The van der Waals surface area contributed by atoms with Gasteiger partial charge in [0.15, 0.2) is 5.75 Å². The van der Waals surface area contributed by atoms with Crippen LogP contribution >= 0.6 is 46.4 Å². The van der Waals surface area contributed by atoms with Gasteiger partial charge in [0.2, 0.25) is 0 Å². The number of carbonyl (C=O) groups excluding carboxylic acids is 1. The summed E-state index contributed by atoms with van der Waals surface area (Å²) in [4.78, 5) is 12.5. The number of rotatable bonds is 6. The van der Waals surface area contributed by atoms with Gasteiger partial charge in [-0.05, 0) is 42.0 Å². The molecule has 0 aromatic heterocycles. The maximum absolute atomic E-state index is 12.5. The van der Waals surface area contributed by atoms with Crippen LogP contribution in [0.5, 0.6) is 5.75 Å². The Labute approximate surface area is 210 Å². The number of hydrogen-bond donors (Lipinski definition) is 1. The highest BCUT2D eigenvalue weighted by atomic mass is 35.5. The van der Waals surface area contributed by atoms with Gasteiger partial charge in [0, 0.05) is 5.56 Å². The zero-order chi connectivity index (χ0) is 24.0. The average molecular weight is 517 g/mol. The Hall–Kier alpha value is -3.19. The molecule has 0 aliphatic carbocycles. The highest BCUT2D eigenvalue weighted by Gasteiger charge is 2.15. The number of amides is 1. The molecule has 0 radical (unpaired) electrons. The van der Waals surface area contributed by atoms with Crippen molar-refractivity contribution in [1.29, 1.82) is 10.5 Å². The van der Waals surface area contributed by atoms with Crippen molar-refractivity contribution in [2.75, 3.05) is 5.32 Å². The van der Waals surface area contributed by atoms with Gasteiger partial charge in [0.25, 0.3) is 5.91 Å². The van der Waals surface area contributed by atoms with Crippen molar-refractivity contribution < 1.29 is 9.53 Å². The van der Waals surface area contributed by atoms with Crippen molar-refractivity contribution in [3.8, 4) is 17.9 Å². The number of carbonyl (C=O) groups is 1. The molecule has 0 heterocycles. The van der Waals surface area contributed by atoms with E-state index in [1.54, 1.807) is 42.5 Å². The predicted molar refractivity (Wildman–Crippen MR) is 131 cm³/mol. The molecule has 33 heavy (non-hydrogen) atoms. The zero-order valence-corrected chi connectivity index (χ0v) is 19.7. The summed E-state index contributed by atoms with van der Waals surface area (Å²) in [6.45, 7) is 0.0879. The Morgan fingerprint density at radius 1 is 0.970 bits per heavy atom. The van der Waals surface area contributed by atoms with Crippen LogP contribution in [0.25, 0.3) is 6.08 Å². The molecule has 3 aromatic rings. The number of anilines is 1. The third kappa shape index (κ3) is 5.99. The molecule has 1 N–H and O–H groups in total. The van der Waals surface area contributed by atoms with E-state index in [4.69, 9.17) is 51.1 Å². The summed E-state index contributed by atoms with van der Waals surface area (Å²) in [5.74, 6) is -0.459. The summed E-state index contributed by atoms with van der Waals surface area (Å²) in [5, 5.41) is 22.0. The van der Waals surface area contributed by atoms with Gasteiger partial charge in [-0.2, -0.15) is 10.5 Å². The lowest BCUT2D eigenvalue weighted by molar-refractivity contribution is -0.112. The Kier molecular flexibility index (Phi) is 8.22. The fourth-order valence-corrected chi connectivity index (χ4v) is 3.77. The molecule has 0 aliphatic rings. The lowest BCUT2D eigenvalue weighted by Crippen LogP contribution is -2.13. The third-order valence-corrected chi connectivity index (χ3v) is 5.79. The second-order valence-electron chi connectivity index (χ2n) is 6.60. The second kappa shape index (κ2) is 11.1. The standard InChI is InChI=1S/C24H13Cl4N3O2/c25-18-6-3-7-21(22(18)28)31-24(32)17(12-30)8-14-9-19(26)23(20(27)10-14)33-13-16-5-2-1-4-15(16)11-29/h1-10H,13H2,(H,31,32)/b17-8-. The van der Waals surface area contributed by atoms with Crippen molar-refractivity contribution in [3.05, 3.63) is 97.0 Å². The van der Waals surface area contributed by atoms with E-state index in [2.05, 4.69) is 11.4 Å². The van der Waals surface area contributed by atoms with Gasteiger partial charge in [-0.25, -0.2) is 0 Å². The fraction of sp³-hybridized carbons (Fsp3) is 0.0417. The van der Waals surface area contributed by atoms with Gasteiger partial charge in [-0.15, -0.1) is 0 Å². The smallest absolute Gasteiger partial charge is 0.266 e. The molecule has 5 nitrogen and oxygen atoms in total. The summed E-state index contributed by atoms with van der Waals surface area (Å²) in [6.07, 6.45) is 1.33. The van der Waals surface area contributed by atoms with Gasteiger partial charge in [-0.1, -0.05) is 70.7 Å². The number of nitriles is 2. The summed E-state index contributed by atoms with van der Waals surface area (Å²) in [6, 6.07) is 18.7. The molecule has 0 bridgehead atoms. The molecule has 0 aliphatic heterocycles. The summed E-state index contributed by atoms with van der Waals surface area (Å²) in [5.41, 5.74) is 1.65. The van der Waals surface area contributed by atoms with E-state index in [1.165, 1.54) is 18.2 Å². The van der Waals surface area contributed by atoms with Gasteiger partial charge >= 0.3 is 0 Å². The minimum atomic E-state index is -0.678. The van der Waals surface area contributed by atoms with Gasteiger partial charge in [0.1, 0.15) is 18.2 Å². The van der Waals surface area contributed by atoms with Crippen LogP contribution in [-0.4, -0.2) is 5.91 Å². The zero-order valence-electron chi connectivity index (χ0n) is 16.7. The van der Waals surface area contributed by atoms with E-state index >= 15 is 0 Å². The first-order chi connectivity index (χ1) is 15.8. The van der Waals surface area contributed by atoms with Crippen molar-refractivity contribution in [2.45, 2.75) is 6.61 Å². The highest BCUT2D eigenvalue weighted by molar-refractivity contribution is 6.44. The maximum atomic E-state index is 12.5. The van der Waals surface area contributed by atoms with E-state index in [9.17, 15) is 15.3 Å². The van der Waals surface area contributed by atoms with Crippen LogP contribution in [0.2, 0.25) is 20.1 Å². The van der Waals surface area contributed by atoms with Crippen LogP contribution in [-0.2, 0) is 11.4 Å². The molecule has 9 heteroatoms. The fourth-order valence-electron chi connectivity index (χ4n) is 2.81. The Bertz CT molecular complexity index is 1320. The van der Waals surface area contributed by atoms with Crippen LogP contribution in [0, 0.1) is 22.7 Å². The van der Waals surface area contributed by atoms with E-state index < -0.39 is 5.91 Å². The molecular formula is C24H13Cl4N3O2. The lowest BCUT2D eigenvalue weighted by atomic mass is 10.1. The van der Waals surface area contributed by atoms with E-state index in [1.807, 2.05) is 6.07 Å². The molecule has 0 spiro atoms. The van der Waals surface area contributed by atoms with E-state index in [0.717, 1.165) is 0 Å². The largest absolute Gasteiger partial charge is 0.486 e. The predicted octanol–water partition coefficient (Wildman–Crippen LogP) is 7.30. The summed E-state index contributed by atoms with van der Waals surface area (Å²) < 4.78 is 5.73. The molecular weight excluding hydrogens is 504 g/mol. The lowest BCUT2D eigenvalue weighted by Gasteiger charge is -2.12. The third-order valence-electron chi connectivity index (χ3n) is 4.41. The van der Waals surface area contributed by atoms with Crippen LogP contribution in [0.3, 0.4) is 0 Å². The normalized spacial score (nSPS) is 10.8. The molecule has 0 atom stereocenters. The number of hydrogen-bond acceptors (Lipinski definition) is 4. The minimum Gasteiger partial charge on any atom is -0.486 e. The Balaban J connectivity index is 1.81. The van der Waals surface area contributed by atoms with Crippen molar-refractivity contribution in [2.24, 2.45) is 0 Å². The molecule has 3 rings (SSSR count). The number of ether oxygens (including phenoxy) is 1. The van der Waals surface area contributed by atoms with Crippen molar-refractivity contribution in [3.63, 3.8) is 0 Å². The SMILES string of the molecule is N#C/C(=C/c1cc(Cl)c(OCc2ccccc2C#N)c(Cl)c1)C(=O)Nc1cccc(Cl)c1Cl. The molecule has 0 saturated heterocycles. The summed E-state index contributed by atoms with van der Waals surface area (Å²) >= 11 is 24.7.